The molecule has 2 aliphatic carbocycles. The van der Waals surface area contributed by atoms with Gasteiger partial charge in [0.1, 0.15) is 0 Å². The average molecular weight is 211 g/mol. The molecule has 15 heavy (non-hydrogen) atoms. The van der Waals surface area contributed by atoms with Crippen molar-refractivity contribution in [3.63, 3.8) is 0 Å². The number of hydrogen-bond donors (Lipinski definition) is 1. The van der Waals surface area contributed by atoms with Crippen LogP contribution in [0.2, 0.25) is 0 Å². The normalized spacial score (nSPS) is 28.4. The minimum Gasteiger partial charge on any atom is -0.374 e. The van der Waals surface area contributed by atoms with Crippen molar-refractivity contribution in [3.8, 4) is 0 Å². The van der Waals surface area contributed by atoms with Crippen molar-refractivity contribution in [2.75, 3.05) is 6.61 Å². The molecule has 0 saturated heterocycles. The van der Waals surface area contributed by atoms with E-state index in [1.54, 1.807) is 0 Å². The third-order valence-electron chi connectivity index (χ3n) is 4.12. The van der Waals surface area contributed by atoms with E-state index in [0.29, 0.717) is 6.04 Å². The highest BCUT2D eigenvalue weighted by atomic mass is 16.5. The van der Waals surface area contributed by atoms with Gasteiger partial charge in [0.15, 0.2) is 0 Å². The zero-order chi connectivity index (χ0) is 10.7. The Bertz CT molecular complexity index is 193. The topological polar surface area (TPSA) is 35.2 Å². The smallest absolute Gasteiger partial charge is 0.0835 e. The third-order valence-corrected chi connectivity index (χ3v) is 4.12. The molecule has 2 N–H and O–H groups in total. The fraction of sp³-hybridized carbons (Fsp3) is 1.00. The van der Waals surface area contributed by atoms with E-state index < -0.39 is 0 Å². The predicted octanol–water partition coefficient (Wildman–Crippen LogP) is 2.85. The van der Waals surface area contributed by atoms with Gasteiger partial charge in [-0.05, 0) is 38.5 Å². The molecule has 0 amide bonds. The van der Waals surface area contributed by atoms with E-state index in [-0.39, 0.29) is 5.60 Å². The Morgan fingerprint density at radius 3 is 2.27 bits per heavy atom. The number of ether oxygens (including phenoxy) is 1. The maximum atomic E-state index is 6.42. The lowest BCUT2D eigenvalue weighted by atomic mass is 9.84. The van der Waals surface area contributed by atoms with Gasteiger partial charge >= 0.3 is 0 Å². The van der Waals surface area contributed by atoms with E-state index in [9.17, 15) is 0 Å². The standard InChI is InChI=1S/C13H25NO/c1-2-15-13(12(14)11-7-8-11)9-5-3-4-6-10-13/h11-12H,2-10,14H2,1H3. The van der Waals surface area contributed by atoms with Crippen LogP contribution in [0.1, 0.15) is 58.3 Å². The second kappa shape index (κ2) is 4.84. The molecule has 2 nitrogen and oxygen atoms in total. The fourth-order valence-electron chi connectivity index (χ4n) is 3.07. The molecule has 2 rings (SSSR count). The highest BCUT2D eigenvalue weighted by Crippen LogP contribution is 2.42. The maximum absolute atomic E-state index is 6.42. The van der Waals surface area contributed by atoms with Gasteiger partial charge in [-0.2, -0.15) is 0 Å². The van der Waals surface area contributed by atoms with Gasteiger partial charge in [0.2, 0.25) is 0 Å². The van der Waals surface area contributed by atoms with Crippen LogP contribution in [0.4, 0.5) is 0 Å². The Morgan fingerprint density at radius 2 is 1.80 bits per heavy atom. The lowest BCUT2D eigenvalue weighted by Crippen LogP contribution is -2.51. The molecule has 0 aromatic heterocycles. The summed E-state index contributed by atoms with van der Waals surface area (Å²) in [5.41, 5.74) is 6.45. The van der Waals surface area contributed by atoms with Crippen LogP contribution in [-0.2, 0) is 4.74 Å². The van der Waals surface area contributed by atoms with Crippen LogP contribution >= 0.6 is 0 Å². The second-order valence-electron chi connectivity index (χ2n) is 5.28. The summed E-state index contributed by atoms with van der Waals surface area (Å²) in [4.78, 5) is 0. The van der Waals surface area contributed by atoms with Gasteiger partial charge in [0.05, 0.1) is 5.60 Å². The third kappa shape index (κ3) is 2.54. The van der Waals surface area contributed by atoms with Gasteiger partial charge in [-0.25, -0.2) is 0 Å². The first-order valence-electron chi connectivity index (χ1n) is 6.68. The van der Waals surface area contributed by atoms with Crippen LogP contribution in [0.5, 0.6) is 0 Å². The second-order valence-corrected chi connectivity index (χ2v) is 5.28. The van der Waals surface area contributed by atoms with Crippen molar-refractivity contribution in [1.29, 1.82) is 0 Å². The van der Waals surface area contributed by atoms with Crippen molar-refractivity contribution in [2.45, 2.75) is 69.9 Å². The summed E-state index contributed by atoms with van der Waals surface area (Å²) in [6.07, 6.45) is 10.4. The van der Waals surface area contributed by atoms with E-state index in [2.05, 4.69) is 6.92 Å². The molecule has 0 radical (unpaired) electrons. The van der Waals surface area contributed by atoms with Crippen LogP contribution < -0.4 is 5.73 Å². The number of nitrogens with two attached hydrogens (primary N) is 1. The highest BCUT2D eigenvalue weighted by Gasteiger charge is 2.45. The lowest BCUT2D eigenvalue weighted by Gasteiger charge is -2.38. The van der Waals surface area contributed by atoms with Crippen LogP contribution in [0, 0.1) is 5.92 Å². The monoisotopic (exact) mass is 211 g/mol. The fourth-order valence-corrected chi connectivity index (χ4v) is 3.07. The van der Waals surface area contributed by atoms with E-state index in [1.807, 2.05) is 0 Å². The van der Waals surface area contributed by atoms with E-state index in [0.717, 1.165) is 12.5 Å². The van der Waals surface area contributed by atoms with Crippen molar-refractivity contribution in [1.82, 2.24) is 0 Å². The first-order valence-corrected chi connectivity index (χ1v) is 6.68. The number of hydrogen-bond acceptors (Lipinski definition) is 2. The Labute approximate surface area is 93.6 Å². The van der Waals surface area contributed by atoms with Gasteiger partial charge < -0.3 is 10.5 Å². The van der Waals surface area contributed by atoms with Crippen molar-refractivity contribution < 1.29 is 4.74 Å². The molecule has 0 aromatic carbocycles. The van der Waals surface area contributed by atoms with E-state index >= 15 is 0 Å². The molecular weight excluding hydrogens is 186 g/mol. The summed E-state index contributed by atoms with van der Waals surface area (Å²) in [7, 11) is 0. The molecule has 2 saturated carbocycles. The molecule has 2 fully saturated rings. The molecule has 2 heteroatoms. The molecular formula is C13H25NO. The molecule has 0 aliphatic heterocycles. The van der Waals surface area contributed by atoms with Gasteiger partial charge in [0.25, 0.3) is 0 Å². The summed E-state index contributed by atoms with van der Waals surface area (Å²) in [6, 6.07) is 0.301. The Kier molecular flexibility index (Phi) is 3.68. The zero-order valence-electron chi connectivity index (χ0n) is 10.0. The number of rotatable bonds is 4. The Hall–Kier alpha value is -0.0800. The van der Waals surface area contributed by atoms with Crippen LogP contribution in [0.15, 0.2) is 0 Å². The minimum atomic E-state index is 0.0341. The quantitative estimate of drug-likeness (QED) is 0.726. The molecule has 0 bridgehead atoms. The maximum Gasteiger partial charge on any atom is 0.0835 e. The van der Waals surface area contributed by atoms with Crippen molar-refractivity contribution in [3.05, 3.63) is 0 Å². The summed E-state index contributed by atoms with van der Waals surface area (Å²) < 4.78 is 6.09. The summed E-state index contributed by atoms with van der Waals surface area (Å²) >= 11 is 0. The average Bonchev–Trinajstić information content (AvgIpc) is 3.05. The first-order chi connectivity index (χ1) is 7.28. The predicted molar refractivity (Wildman–Crippen MR) is 62.8 cm³/mol. The van der Waals surface area contributed by atoms with E-state index in [4.69, 9.17) is 10.5 Å². The molecule has 0 heterocycles. The zero-order valence-corrected chi connectivity index (χ0v) is 10.0. The molecule has 0 aromatic rings. The van der Waals surface area contributed by atoms with Crippen LogP contribution in [0.25, 0.3) is 0 Å². The molecule has 1 atom stereocenters. The Morgan fingerprint density at radius 1 is 1.20 bits per heavy atom. The minimum absolute atomic E-state index is 0.0341. The molecule has 1 unspecified atom stereocenters. The van der Waals surface area contributed by atoms with Gasteiger partial charge in [-0.3, -0.25) is 0 Å². The summed E-state index contributed by atoms with van der Waals surface area (Å²) in [6.45, 7) is 2.92. The molecule has 0 spiro atoms. The highest BCUT2D eigenvalue weighted by molar-refractivity contribution is 5.00. The van der Waals surface area contributed by atoms with Gasteiger partial charge in [-0.1, -0.05) is 25.7 Å². The van der Waals surface area contributed by atoms with Gasteiger partial charge in [-0.15, -0.1) is 0 Å². The first kappa shape index (κ1) is 11.4. The van der Waals surface area contributed by atoms with Crippen molar-refractivity contribution in [2.24, 2.45) is 11.7 Å². The summed E-state index contributed by atoms with van der Waals surface area (Å²) in [5, 5.41) is 0. The van der Waals surface area contributed by atoms with E-state index in [1.165, 1.54) is 51.4 Å². The molecule has 2 aliphatic rings. The van der Waals surface area contributed by atoms with Crippen molar-refractivity contribution >= 4 is 0 Å². The SMILES string of the molecule is CCOC1(C(N)C2CC2)CCCCCC1. The van der Waals surface area contributed by atoms with Crippen LogP contribution in [0.3, 0.4) is 0 Å². The largest absolute Gasteiger partial charge is 0.374 e. The van der Waals surface area contributed by atoms with Gasteiger partial charge in [0, 0.05) is 12.6 Å². The van der Waals surface area contributed by atoms with Crippen LogP contribution in [-0.4, -0.2) is 18.2 Å². The Balaban J connectivity index is 2.05. The molecule has 88 valence electrons. The summed E-state index contributed by atoms with van der Waals surface area (Å²) in [5.74, 6) is 0.759. The lowest BCUT2D eigenvalue weighted by molar-refractivity contribution is -0.0729.